The lowest BCUT2D eigenvalue weighted by Gasteiger charge is -2.08. The third-order valence-corrected chi connectivity index (χ3v) is 2.79. The first-order valence-corrected chi connectivity index (χ1v) is 5.23. The standard InChI is InChI=1S/C12H9F4NO2/c1-5-8(11(18)19-2)6-3-4-7(12(14,15)16)9(13)10(6)17-5/h3-4,17H,1-2H3. The van der Waals surface area contributed by atoms with Crippen LogP contribution in [0.15, 0.2) is 12.1 Å². The third kappa shape index (κ3) is 2.05. The van der Waals surface area contributed by atoms with Crippen LogP contribution in [-0.4, -0.2) is 18.1 Å². The summed E-state index contributed by atoms with van der Waals surface area (Å²) in [6, 6.07) is 1.66. The number of aromatic nitrogens is 1. The predicted molar refractivity (Wildman–Crippen MR) is 59.3 cm³/mol. The first-order valence-electron chi connectivity index (χ1n) is 5.23. The number of benzene rings is 1. The average Bonchev–Trinajstić information content (AvgIpc) is 2.64. The molecule has 0 unspecified atom stereocenters. The van der Waals surface area contributed by atoms with Gasteiger partial charge >= 0.3 is 12.1 Å². The van der Waals surface area contributed by atoms with Crippen LogP contribution in [0.5, 0.6) is 0 Å². The molecule has 102 valence electrons. The summed E-state index contributed by atoms with van der Waals surface area (Å²) in [6.45, 7) is 1.46. The number of aromatic amines is 1. The molecule has 0 fully saturated rings. The van der Waals surface area contributed by atoms with E-state index >= 15 is 0 Å². The highest BCUT2D eigenvalue weighted by Crippen LogP contribution is 2.35. The molecule has 0 aliphatic heterocycles. The number of hydrogen-bond donors (Lipinski definition) is 1. The summed E-state index contributed by atoms with van der Waals surface area (Å²) in [6.07, 6.45) is -4.79. The quantitative estimate of drug-likeness (QED) is 0.640. The Morgan fingerprint density at radius 3 is 2.47 bits per heavy atom. The number of methoxy groups -OCH3 is 1. The Kier molecular flexibility index (Phi) is 3.00. The van der Waals surface area contributed by atoms with Gasteiger partial charge in [-0.3, -0.25) is 0 Å². The van der Waals surface area contributed by atoms with Crippen molar-refractivity contribution in [3.8, 4) is 0 Å². The number of H-pyrrole nitrogens is 1. The fourth-order valence-corrected chi connectivity index (χ4v) is 1.94. The molecule has 2 rings (SSSR count). The SMILES string of the molecule is COC(=O)c1c(C)[nH]c2c(F)c(C(F)(F)F)ccc12. The molecule has 1 aromatic carbocycles. The largest absolute Gasteiger partial charge is 0.465 e. The first-order chi connectivity index (χ1) is 8.77. The van der Waals surface area contributed by atoms with E-state index in [0.29, 0.717) is 6.07 Å². The van der Waals surface area contributed by atoms with Gasteiger partial charge in [0, 0.05) is 11.1 Å². The molecule has 0 radical (unpaired) electrons. The zero-order chi connectivity index (χ0) is 14.4. The van der Waals surface area contributed by atoms with Gasteiger partial charge < -0.3 is 9.72 Å². The number of fused-ring (bicyclic) bond motifs is 1. The zero-order valence-corrected chi connectivity index (χ0v) is 9.98. The van der Waals surface area contributed by atoms with Gasteiger partial charge in [-0.15, -0.1) is 0 Å². The number of aryl methyl sites for hydroxylation is 1. The topological polar surface area (TPSA) is 42.1 Å². The van der Waals surface area contributed by atoms with E-state index in [1.54, 1.807) is 0 Å². The highest BCUT2D eigenvalue weighted by atomic mass is 19.4. The Hall–Kier alpha value is -2.05. The Balaban J connectivity index is 2.77. The lowest BCUT2D eigenvalue weighted by atomic mass is 10.1. The van der Waals surface area contributed by atoms with Crippen LogP contribution in [0.2, 0.25) is 0 Å². The second-order valence-corrected chi connectivity index (χ2v) is 3.96. The summed E-state index contributed by atoms with van der Waals surface area (Å²) in [5, 5.41) is 0.0647. The second-order valence-electron chi connectivity index (χ2n) is 3.96. The van der Waals surface area contributed by atoms with Crippen LogP contribution in [0, 0.1) is 12.7 Å². The Labute approximate surface area is 105 Å². The third-order valence-electron chi connectivity index (χ3n) is 2.79. The Morgan fingerprint density at radius 2 is 1.95 bits per heavy atom. The number of alkyl halides is 3. The van der Waals surface area contributed by atoms with Crippen LogP contribution in [0.3, 0.4) is 0 Å². The second kappa shape index (κ2) is 4.25. The van der Waals surface area contributed by atoms with Crippen LogP contribution in [0.1, 0.15) is 21.6 Å². The van der Waals surface area contributed by atoms with Gasteiger partial charge in [0.05, 0.1) is 23.8 Å². The van der Waals surface area contributed by atoms with Crippen LogP contribution >= 0.6 is 0 Å². The molecular weight excluding hydrogens is 266 g/mol. The maximum atomic E-state index is 13.8. The van der Waals surface area contributed by atoms with Crippen LogP contribution < -0.4 is 0 Å². The summed E-state index contributed by atoms with van der Waals surface area (Å²) >= 11 is 0. The van der Waals surface area contributed by atoms with E-state index in [-0.39, 0.29) is 22.2 Å². The lowest BCUT2D eigenvalue weighted by Crippen LogP contribution is -2.08. The van der Waals surface area contributed by atoms with Gasteiger partial charge in [0.25, 0.3) is 0 Å². The fraction of sp³-hybridized carbons (Fsp3) is 0.250. The van der Waals surface area contributed by atoms with Crippen LogP contribution in [-0.2, 0) is 10.9 Å². The molecular formula is C12H9F4NO2. The van der Waals surface area contributed by atoms with Crippen molar-refractivity contribution in [1.29, 1.82) is 0 Å². The lowest BCUT2D eigenvalue weighted by molar-refractivity contribution is -0.139. The van der Waals surface area contributed by atoms with Crippen LogP contribution in [0.25, 0.3) is 10.9 Å². The molecule has 7 heteroatoms. The van der Waals surface area contributed by atoms with E-state index in [4.69, 9.17) is 0 Å². The molecule has 0 saturated heterocycles. The molecule has 3 nitrogen and oxygen atoms in total. The molecule has 0 bridgehead atoms. The molecule has 0 atom stereocenters. The van der Waals surface area contributed by atoms with E-state index in [1.807, 2.05) is 0 Å². The summed E-state index contributed by atoms with van der Waals surface area (Å²) in [4.78, 5) is 14.0. The molecule has 1 heterocycles. The number of esters is 1. The summed E-state index contributed by atoms with van der Waals surface area (Å²) < 4.78 is 56.0. The highest BCUT2D eigenvalue weighted by Gasteiger charge is 2.35. The number of ether oxygens (including phenoxy) is 1. The molecule has 2 aromatic rings. The van der Waals surface area contributed by atoms with Gasteiger partial charge in [-0.2, -0.15) is 13.2 Å². The zero-order valence-electron chi connectivity index (χ0n) is 9.98. The minimum atomic E-state index is -4.79. The van der Waals surface area contributed by atoms with Crippen molar-refractivity contribution in [1.82, 2.24) is 4.98 Å². The minimum absolute atomic E-state index is 0.0325. The summed E-state index contributed by atoms with van der Waals surface area (Å²) in [5.74, 6) is -2.16. The number of rotatable bonds is 1. The van der Waals surface area contributed by atoms with E-state index in [0.717, 1.165) is 13.2 Å². The molecule has 0 aliphatic rings. The highest BCUT2D eigenvalue weighted by molar-refractivity contribution is 6.05. The molecule has 0 aliphatic carbocycles. The minimum Gasteiger partial charge on any atom is -0.465 e. The molecule has 0 spiro atoms. The van der Waals surface area contributed by atoms with Gasteiger partial charge in [0.1, 0.15) is 0 Å². The molecule has 0 amide bonds. The van der Waals surface area contributed by atoms with Gasteiger partial charge in [0.15, 0.2) is 5.82 Å². The first kappa shape index (κ1) is 13.4. The number of halogens is 4. The normalized spacial score (nSPS) is 11.9. The van der Waals surface area contributed by atoms with Crippen molar-refractivity contribution in [3.05, 3.63) is 34.8 Å². The van der Waals surface area contributed by atoms with Crippen LogP contribution in [0.4, 0.5) is 17.6 Å². The number of nitrogens with one attached hydrogen (secondary N) is 1. The Morgan fingerprint density at radius 1 is 1.32 bits per heavy atom. The van der Waals surface area contributed by atoms with Crippen molar-refractivity contribution >= 4 is 16.9 Å². The smallest absolute Gasteiger partial charge is 0.419 e. The van der Waals surface area contributed by atoms with Crippen molar-refractivity contribution < 1.29 is 27.1 Å². The van der Waals surface area contributed by atoms with Gasteiger partial charge in [-0.05, 0) is 13.0 Å². The average molecular weight is 275 g/mol. The van der Waals surface area contributed by atoms with Gasteiger partial charge in [-0.25, -0.2) is 9.18 Å². The van der Waals surface area contributed by atoms with Crippen molar-refractivity contribution in [2.45, 2.75) is 13.1 Å². The number of carbonyl (C=O) groups is 1. The molecule has 1 N–H and O–H groups in total. The fourth-order valence-electron chi connectivity index (χ4n) is 1.94. The van der Waals surface area contributed by atoms with Crippen molar-refractivity contribution in [2.24, 2.45) is 0 Å². The van der Waals surface area contributed by atoms with Crippen molar-refractivity contribution in [3.63, 3.8) is 0 Å². The number of carbonyl (C=O) groups excluding carboxylic acids is 1. The van der Waals surface area contributed by atoms with E-state index < -0.39 is 23.5 Å². The van der Waals surface area contributed by atoms with Gasteiger partial charge in [0.2, 0.25) is 0 Å². The Bertz CT molecular complexity index is 658. The maximum Gasteiger partial charge on any atom is 0.419 e. The van der Waals surface area contributed by atoms with E-state index in [9.17, 15) is 22.4 Å². The molecule has 1 aromatic heterocycles. The predicted octanol–water partition coefficient (Wildman–Crippen LogP) is 3.42. The molecule has 19 heavy (non-hydrogen) atoms. The van der Waals surface area contributed by atoms with E-state index in [1.165, 1.54) is 6.92 Å². The van der Waals surface area contributed by atoms with E-state index in [2.05, 4.69) is 9.72 Å². The monoisotopic (exact) mass is 275 g/mol. The maximum absolute atomic E-state index is 13.8. The van der Waals surface area contributed by atoms with Gasteiger partial charge in [-0.1, -0.05) is 6.07 Å². The molecule has 0 saturated carbocycles. The van der Waals surface area contributed by atoms with Crippen molar-refractivity contribution in [2.75, 3.05) is 7.11 Å². The number of hydrogen-bond acceptors (Lipinski definition) is 2. The summed E-state index contributed by atoms with van der Waals surface area (Å²) in [5.41, 5.74) is -1.45. The summed E-state index contributed by atoms with van der Waals surface area (Å²) in [7, 11) is 1.14.